The van der Waals surface area contributed by atoms with E-state index in [9.17, 15) is 0 Å². The van der Waals surface area contributed by atoms with Gasteiger partial charge in [0.1, 0.15) is 0 Å². The van der Waals surface area contributed by atoms with Crippen LogP contribution in [-0.2, 0) is 4.74 Å². The summed E-state index contributed by atoms with van der Waals surface area (Å²) in [5.41, 5.74) is 0. The Morgan fingerprint density at radius 2 is 2.06 bits per heavy atom. The molecule has 1 unspecified atom stereocenters. The Bertz CT molecular complexity index is 213. The minimum Gasteiger partial charge on any atom is -0.383 e. The molecular weight excluding hydrogens is 214 g/mol. The third-order valence-corrected chi connectivity index (χ3v) is 2.58. The average molecular weight is 241 g/mol. The molecule has 0 aromatic heterocycles. The first-order valence-electron chi connectivity index (χ1n) is 6.48. The monoisotopic (exact) mass is 241 g/mol. The number of rotatable bonds is 10. The Hall–Kier alpha value is -0.630. The predicted octanol–water partition coefficient (Wildman–Crippen LogP) is 1.48. The molecule has 0 radical (unpaired) electrons. The first kappa shape index (κ1) is 16.4. The summed E-state index contributed by atoms with van der Waals surface area (Å²) in [7, 11) is 1.73. The molecule has 0 spiro atoms. The molecule has 4 nitrogen and oxygen atoms in total. The lowest BCUT2D eigenvalue weighted by Crippen LogP contribution is -2.36. The zero-order valence-electron chi connectivity index (χ0n) is 11.7. The predicted molar refractivity (Wildman–Crippen MR) is 70.8 cm³/mol. The van der Waals surface area contributed by atoms with E-state index in [0.717, 1.165) is 39.2 Å². The fourth-order valence-electron chi connectivity index (χ4n) is 1.80. The van der Waals surface area contributed by atoms with Gasteiger partial charge >= 0.3 is 0 Å². The molecular formula is C13H27N3O. The molecule has 0 amide bonds. The normalized spacial score (nSPS) is 13.0. The van der Waals surface area contributed by atoms with Crippen LogP contribution in [0.3, 0.4) is 0 Å². The zero-order valence-corrected chi connectivity index (χ0v) is 11.7. The topological polar surface area (TPSA) is 48.3 Å². The van der Waals surface area contributed by atoms with Crippen LogP contribution in [0, 0.1) is 17.2 Å². The van der Waals surface area contributed by atoms with Crippen molar-refractivity contribution in [3.8, 4) is 6.07 Å². The van der Waals surface area contributed by atoms with E-state index in [0.29, 0.717) is 5.92 Å². The molecule has 1 N–H and O–H groups in total. The molecule has 0 fully saturated rings. The Balaban J connectivity index is 4.00. The third-order valence-electron chi connectivity index (χ3n) is 2.58. The fraction of sp³-hybridized carbons (Fsp3) is 0.923. The zero-order chi connectivity index (χ0) is 13.1. The number of hydrogen-bond donors (Lipinski definition) is 1. The van der Waals surface area contributed by atoms with Gasteiger partial charge < -0.3 is 15.0 Å². The molecule has 1 atom stereocenters. The van der Waals surface area contributed by atoms with Crippen molar-refractivity contribution in [3.05, 3.63) is 0 Å². The van der Waals surface area contributed by atoms with Crippen LogP contribution < -0.4 is 5.32 Å². The van der Waals surface area contributed by atoms with Crippen LogP contribution in [0.15, 0.2) is 0 Å². The van der Waals surface area contributed by atoms with Gasteiger partial charge in [-0.3, -0.25) is 0 Å². The maximum atomic E-state index is 8.97. The summed E-state index contributed by atoms with van der Waals surface area (Å²) in [4.78, 5) is 2.37. The molecule has 0 heterocycles. The standard InChI is InChI=1S/C13H27N3O/c1-5-15-13(10-14)6-7-16(8-9-17-4)11-12(2)3/h12-13,15H,5-9,11H2,1-4H3. The second-order valence-corrected chi connectivity index (χ2v) is 4.72. The van der Waals surface area contributed by atoms with Crippen molar-refractivity contribution in [2.75, 3.05) is 39.9 Å². The van der Waals surface area contributed by atoms with Crippen molar-refractivity contribution in [2.45, 2.75) is 33.2 Å². The average Bonchev–Trinajstić information content (AvgIpc) is 2.30. The van der Waals surface area contributed by atoms with Gasteiger partial charge in [0.05, 0.1) is 18.7 Å². The molecule has 0 saturated heterocycles. The van der Waals surface area contributed by atoms with E-state index in [2.05, 4.69) is 30.1 Å². The third kappa shape index (κ3) is 9.11. The van der Waals surface area contributed by atoms with E-state index in [-0.39, 0.29) is 6.04 Å². The van der Waals surface area contributed by atoms with Crippen LogP contribution >= 0.6 is 0 Å². The minimum absolute atomic E-state index is 0.0304. The molecule has 0 aromatic carbocycles. The highest BCUT2D eigenvalue weighted by molar-refractivity contribution is 4.89. The van der Waals surface area contributed by atoms with Crippen molar-refractivity contribution in [2.24, 2.45) is 5.92 Å². The summed E-state index contributed by atoms with van der Waals surface area (Å²) in [6.45, 7) is 11.0. The van der Waals surface area contributed by atoms with Crippen molar-refractivity contribution < 1.29 is 4.74 Å². The molecule has 0 bridgehead atoms. The van der Waals surface area contributed by atoms with Crippen LogP contribution in [-0.4, -0.2) is 50.8 Å². The Morgan fingerprint density at radius 3 is 2.53 bits per heavy atom. The summed E-state index contributed by atoms with van der Waals surface area (Å²) >= 11 is 0. The van der Waals surface area contributed by atoms with Crippen LogP contribution in [0.5, 0.6) is 0 Å². The van der Waals surface area contributed by atoms with E-state index in [1.807, 2.05) is 6.92 Å². The molecule has 0 aromatic rings. The van der Waals surface area contributed by atoms with Crippen LogP contribution in [0.1, 0.15) is 27.2 Å². The highest BCUT2D eigenvalue weighted by Gasteiger charge is 2.11. The van der Waals surface area contributed by atoms with E-state index < -0.39 is 0 Å². The second kappa shape index (κ2) is 10.5. The summed E-state index contributed by atoms with van der Waals surface area (Å²) in [6, 6.07) is 2.27. The first-order valence-corrected chi connectivity index (χ1v) is 6.48. The van der Waals surface area contributed by atoms with Gasteiger partial charge in [-0.25, -0.2) is 0 Å². The maximum absolute atomic E-state index is 8.97. The Morgan fingerprint density at radius 1 is 1.35 bits per heavy atom. The number of nitrogens with zero attached hydrogens (tertiary/aromatic N) is 2. The SMILES string of the molecule is CCNC(C#N)CCN(CCOC)CC(C)C. The maximum Gasteiger partial charge on any atom is 0.0965 e. The van der Waals surface area contributed by atoms with Crippen molar-refractivity contribution in [1.29, 1.82) is 5.26 Å². The number of hydrogen-bond acceptors (Lipinski definition) is 4. The van der Waals surface area contributed by atoms with Gasteiger partial charge in [-0.15, -0.1) is 0 Å². The van der Waals surface area contributed by atoms with E-state index in [4.69, 9.17) is 10.00 Å². The van der Waals surface area contributed by atoms with E-state index in [1.54, 1.807) is 7.11 Å². The lowest BCUT2D eigenvalue weighted by Gasteiger charge is -2.24. The van der Waals surface area contributed by atoms with Gasteiger partial charge in [0, 0.05) is 26.7 Å². The summed E-state index contributed by atoms with van der Waals surface area (Å²) in [5.74, 6) is 0.645. The lowest BCUT2D eigenvalue weighted by molar-refractivity contribution is 0.138. The smallest absolute Gasteiger partial charge is 0.0965 e. The van der Waals surface area contributed by atoms with Gasteiger partial charge in [-0.05, 0) is 18.9 Å². The van der Waals surface area contributed by atoms with Crippen molar-refractivity contribution in [3.63, 3.8) is 0 Å². The number of ether oxygens (including phenoxy) is 1. The first-order chi connectivity index (χ1) is 8.13. The van der Waals surface area contributed by atoms with Crippen LogP contribution in [0.2, 0.25) is 0 Å². The van der Waals surface area contributed by atoms with Gasteiger partial charge in [-0.1, -0.05) is 20.8 Å². The van der Waals surface area contributed by atoms with Crippen molar-refractivity contribution >= 4 is 0 Å². The molecule has 0 aliphatic carbocycles. The van der Waals surface area contributed by atoms with Crippen LogP contribution in [0.25, 0.3) is 0 Å². The molecule has 17 heavy (non-hydrogen) atoms. The number of nitriles is 1. The summed E-state index contributed by atoms with van der Waals surface area (Å²) in [5, 5.41) is 12.2. The van der Waals surface area contributed by atoms with Crippen molar-refractivity contribution in [1.82, 2.24) is 10.2 Å². The quantitative estimate of drug-likeness (QED) is 0.629. The Kier molecular flexibility index (Phi) is 10.1. The molecule has 4 heteroatoms. The van der Waals surface area contributed by atoms with Gasteiger partial charge in [0.2, 0.25) is 0 Å². The summed E-state index contributed by atoms with van der Waals surface area (Å²) < 4.78 is 5.11. The number of methoxy groups -OCH3 is 1. The Labute approximate surface area is 106 Å². The molecule has 100 valence electrons. The number of nitrogens with one attached hydrogen (secondary N) is 1. The lowest BCUT2D eigenvalue weighted by atomic mass is 10.1. The van der Waals surface area contributed by atoms with Gasteiger partial charge in [0.15, 0.2) is 0 Å². The summed E-state index contributed by atoms with van der Waals surface area (Å²) in [6.07, 6.45) is 0.876. The fourth-order valence-corrected chi connectivity index (χ4v) is 1.80. The van der Waals surface area contributed by atoms with Gasteiger partial charge in [-0.2, -0.15) is 5.26 Å². The van der Waals surface area contributed by atoms with Crippen LogP contribution in [0.4, 0.5) is 0 Å². The second-order valence-electron chi connectivity index (χ2n) is 4.72. The highest BCUT2D eigenvalue weighted by Crippen LogP contribution is 2.02. The molecule has 0 aliphatic rings. The molecule has 0 aliphatic heterocycles. The highest BCUT2D eigenvalue weighted by atomic mass is 16.5. The molecule has 0 rings (SSSR count). The van der Waals surface area contributed by atoms with Gasteiger partial charge in [0.25, 0.3) is 0 Å². The molecule has 0 saturated carbocycles. The van der Waals surface area contributed by atoms with E-state index in [1.165, 1.54) is 0 Å². The van der Waals surface area contributed by atoms with E-state index >= 15 is 0 Å². The minimum atomic E-state index is -0.0304. The largest absolute Gasteiger partial charge is 0.383 e.